The zero-order valence-corrected chi connectivity index (χ0v) is 16.3. The monoisotopic (exact) mass is 421 g/mol. The van der Waals surface area contributed by atoms with Gasteiger partial charge >= 0.3 is 0 Å². The van der Waals surface area contributed by atoms with E-state index in [1.54, 1.807) is 19.9 Å². The summed E-state index contributed by atoms with van der Waals surface area (Å²) in [5.74, 6) is 2.79. The van der Waals surface area contributed by atoms with Crippen LogP contribution in [-0.4, -0.2) is 15.7 Å². The number of aromatic nitrogens is 1. The van der Waals surface area contributed by atoms with Gasteiger partial charge in [0.1, 0.15) is 11.5 Å². The fourth-order valence-electron chi connectivity index (χ4n) is 3.16. The van der Waals surface area contributed by atoms with Gasteiger partial charge in [-0.2, -0.15) is 0 Å². The Hall–Kier alpha value is -2.97. The maximum absolute atomic E-state index is 13.0. The van der Waals surface area contributed by atoms with E-state index in [0.717, 1.165) is 15.2 Å². The minimum Gasteiger partial charge on any atom is -0.507 e. The number of hydrogen-bond acceptors (Lipinski definition) is 3. The summed E-state index contributed by atoms with van der Waals surface area (Å²) in [7, 11) is 0. The molecule has 1 heterocycles. The van der Waals surface area contributed by atoms with Crippen molar-refractivity contribution in [2.24, 2.45) is 0 Å². The normalized spacial score (nSPS) is 11.8. The van der Waals surface area contributed by atoms with E-state index in [1.807, 2.05) is 30.3 Å². The molecule has 0 aliphatic carbocycles. The minimum atomic E-state index is -0.832. The van der Waals surface area contributed by atoms with Crippen LogP contribution in [0.2, 0.25) is 0 Å². The van der Waals surface area contributed by atoms with E-state index in [1.165, 1.54) is 6.07 Å². The number of phenols is 1. The van der Waals surface area contributed by atoms with Gasteiger partial charge in [-0.05, 0) is 48.9 Å². The number of fused-ring (bicyclic) bond motifs is 3. The van der Waals surface area contributed by atoms with Gasteiger partial charge in [0, 0.05) is 22.0 Å². The molecular formula is C22H16BrNO3. The second-order valence-electron chi connectivity index (χ2n) is 6.97. The Morgan fingerprint density at radius 1 is 1.11 bits per heavy atom. The molecule has 0 bridgehead atoms. The highest BCUT2D eigenvalue weighted by Gasteiger charge is 2.18. The van der Waals surface area contributed by atoms with Crippen LogP contribution in [0.3, 0.4) is 0 Å². The Bertz CT molecular complexity index is 1330. The second-order valence-corrected chi connectivity index (χ2v) is 7.88. The topological polar surface area (TPSA) is 62.3 Å². The summed E-state index contributed by atoms with van der Waals surface area (Å²) in [6, 6.07) is 12.7. The Balaban J connectivity index is 2.02. The summed E-state index contributed by atoms with van der Waals surface area (Å²) in [6.07, 6.45) is 5.47. The largest absolute Gasteiger partial charge is 0.507 e. The number of aromatic amines is 1. The molecule has 4 rings (SSSR count). The third kappa shape index (κ3) is 3.02. The predicted octanol–water partition coefficient (Wildman–Crippen LogP) is 5.09. The summed E-state index contributed by atoms with van der Waals surface area (Å²) >= 11 is 3.45. The third-order valence-electron chi connectivity index (χ3n) is 4.49. The standard InChI is InChI=1S/C22H16BrNO3/c1-4-22(2,3)27-15-10-18-20(19(25)11-15)21(26)16-8-13-7-14(23)6-5-12(13)9-17(16)24-18/h1,5-11,25H,2-3H3,(H,24,26). The van der Waals surface area contributed by atoms with Gasteiger partial charge in [0.15, 0.2) is 5.60 Å². The fraction of sp³-hybridized carbons (Fsp3) is 0.136. The van der Waals surface area contributed by atoms with Crippen LogP contribution < -0.4 is 10.2 Å². The summed E-state index contributed by atoms with van der Waals surface area (Å²) in [4.78, 5) is 16.3. The molecule has 0 saturated heterocycles. The number of rotatable bonds is 2. The molecule has 134 valence electrons. The van der Waals surface area contributed by atoms with Crippen LogP contribution in [-0.2, 0) is 0 Å². The van der Waals surface area contributed by atoms with Crippen LogP contribution in [0.15, 0.2) is 51.7 Å². The van der Waals surface area contributed by atoms with Crippen molar-refractivity contribution in [3.8, 4) is 23.8 Å². The number of ether oxygens (including phenoxy) is 1. The van der Waals surface area contributed by atoms with Gasteiger partial charge in [0.25, 0.3) is 0 Å². The number of pyridine rings is 1. The lowest BCUT2D eigenvalue weighted by atomic mass is 10.0. The van der Waals surface area contributed by atoms with Crippen molar-refractivity contribution in [1.82, 2.24) is 4.98 Å². The van der Waals surface area contributed by atoms with Crippen molar-refractivity contribution < 1.29 is 9.84 Å². The molecule has 5 heteroatoms. The molecule has 0 atom stereocenters. The highest BCUT2D eigenvalue weighted by Crippen LogP contribution is 2.31. The lowest BCUT2D eigenvalue weighted by molar-refractivity contribution is 0.172. The Labute approximate surface area is 163 Å². The summed E-state index contributed by atoms with van der Waals surface area (Å²) in [5.41, 5.74) is 0.115. The van der Waals surface area contributed by atoms with Crippen molar-refractivity contribution >= 4 is 48.5 Å². The van der Waals surface area contributed by atoms with Crippen LogP contribution in [0.5, 0.6) is 11.5 Å². The Kier molecular flexibility index (Phi) is 3.90. The van der Waals surface area contributed by atoms with Gasteiger partial charge in [-0.3, -0.25) is 4.79 Å². The summed E-state index contributed by atoms with van der Waals surface area (Å²) in [6.45, 7) is 3.50. The fourth-order valence-corrected chi connectivity index (χ4v) is 3.54. The third-order valence-corrected chi connectivity index (χ3v) is 4.98. The Morgan fingerprint density at radius 2 is 1.89 bits per heavy atom. The second kappa shape index (κ2) is 6.04. The number of nitrogens with one attached hydrogen (secondary N) is 1. The average Bonchev–Trinajstić information content (AvgIpc) is 2.60. The first kappa shape index (κ1) is 17.4. The first-order valence-corrected chi connectivity index (χ1v) is 9.15. The molecule has 27 heavy (non-hydrogen) atoms. The molecule has 0 fully saturated rings. The highest BCUT2D eigenvalue weighted by molar-refractivity contribution is 9.10. The smallest absolute Gasteiger partial charge is 0.200 e. The van der Waals surface area contributed by atoms with E-state index in [2.05, 4.69) is 26.8 Å². The van der Waals surface area contributed by atoms with Crippen molar-refractivity contribution in [3.05, 3.63) is 57.2 Å². The van der Waals surface area contributed by atoms with Gasteiger partial charge in [0.2, 0.25) is 5.43 Å². The van der Waals surface area contributed by atoms with E-state index in [-0.39, 0.29) is 16.6 Å². The molecule has 0 radical (unpaired) electrons. The van der Waals surface area contributed by atoms with Crippen molar-refractivity contribution in [2.45, 2.75) is 19.4 Å². The molecule has 0 amide bonds. The number of benzene rings is 3. The molecule has 0 unspecified atom stereocenters. The van der Waals surface area contributed by atoms with Crippen molar-refractivity contribution in [3.63, 3.8) is 0 Å². The van der Waals surface area contributed by atoms with E-state index >= 15 is 0 Å². The van der Waals surface area contributed by atoms with Gasteiger partial charge in [-0.1, -0.05) is 27.9 Å². The maximum atomic E-state index is 13.0. The summed E-state index contributed by atoms with van der Waals surface area (Å²) in [5, 5.41) is 13.1. The van der Waals surface area contributed by atoms with E-state index in [9.17, 15) is 9.90 Å². The number of terminal acetylenes is 1. The molecule has 1 aromatic heterocycles. The van der Waals surface area contributed by atoms with Crippen LogP contribution in [0.4, 0.5) is 0 Å². The molecule has 0 saturated carbocycles. The van der Waals surface area contributed by atoms with E-state index < -0.39 is 5.60 Å². The molecule has 3 aromatic carbocycles. The molecule has 0 aliphatic rings. The first-order valence-electron chi connectivity index (χ1n) is 8.36. The van der Waals surface area contributed by atoms with Crippen LogP contribution in [0, 0.1) is 12.3 Å². The van der Waals surface area contributed by atoms with Gasteiger partial charge < -0.3 is 14.8 Å². The number of H-pyrrole nitrogens is 1. The molecule has 0 aliphatic heterocycles. The predicted molar refractivity (Wildman–Crippen MR) is 112 cm³/mol. The van der Waals surface area contributed by atoms with E-state index in [4.69, 9.17) is 11.2 Å². The number of hydrogen-bond donors (Lipinski definition) is 2. The van der Waals surface area contributed by atoms with Crippen molar-refractivity contribution in [1.29, 1.82) is 0 Å². The van der Waals surface area contributed by atoms with Crippen LogP contribution in [0.1, 0.15) is 13.8 Å². The Morgan fingerprint density at radius 3 is 2.63 bits per heavy atom. The quantitative estimate of drug-likeness (QED) is 0.349. The molecule has 4 aromatic rings. The van der Waals surface area contributed by atoms with E-state index in [0.29, 0.717) is 22.2 Å². The number of phenolic OH excluding ortho intramolecular Hbond substituents is 1. The van der Waals surface area contributed by atoms with Gasteiger partial charge in [0.05, 0.1) is 16.4 Å². The maximum Gasteiger partial charge on any atom is 0.200 e. The molecular weight excluding hydrogens is 406 g/mol. The number of aromatic hydroxyl groups is 1. The molecule has 2 N–H and O–H groups in total. The molecule has 4 nitrogen and oxygen atoms in total. The SMILES string of the molecule is C#CC(C)(C)Oc1cc(O)c2c(=O)c3cc4cc(Br)ccc4cc3[nH]c2c1. The zero-order valence-electron chi connectivity index (χ0n) is 14.8. The van der Waals surface area contributed by atoms with Crippen LogP contribution in [0.25, 0.3) is 32.6 Å². The first-order chi connectivity index (χ1) is 12.8. The van der Waals surface area contributed by atoms with Gasteiger partial charge in [-0.25, -0.2) is 0 Å². The average molecular weight is 422 g/mol. The van der Waals surface area contributed by atoms with Gasteiger partial charge in [-0.15, -0.1) is 6.42 Å². The molecule has 0 spiro atoms. The zero-order chi connectivity index (χ0) is 19.3. The lowest BCUT2D eigenvalue weighted by Gasteiger charge is -2.20. The minimum absolute atomic E-state index is 0.146. The number of halogens is 1. The lowest BCUT2D eigenvalue weighted by Crippen LogP contribution is -2.25. The van der Waals surface area contributed by atoms with Crippen LogP contribution >= 0.6 is 15.9 Å². The van der Waals surface area contributed by atoms with Crippen molar-refractivity contribution in [2.75, 3.05) is 0 Å². The summed E-state index contributed by atoms with van der Waals surface area (Å²) < 4.78 is 6.69. The highest BCUT2D eigenvalue weighted by atomic mass is 79.9.